The third-order valence-corrected chi connectivity index (χ3v) is 3.06. The van der Waals surface area contributed by atoms with Crippen LogP contribution in [-0.4, -0.2) is 11.0 Å². The normalized spacial score (nSPS) is 10.1. The Balaban J connectivity index is 2.21. The summed E-state index contributed by atoms with van der Waals surface area (Å²) in [7, 11) is 0. The summed E-state index contributed by atoms with van der Waals surface area (Å²) in [5.41, 5.74) is 0.822. The number of nitrogens with one attached hydrogen (secondary N) is 1. The van der Waals surface area contributed by atoms with E-state index in [-0.39, 0.29) is 11.7 Å². The van der Waals surface area contributed by atoms with Crippen LogP contribution >= 0.6 is 27.5 Å². The van der Waals surface area contributed by atoms with E-state index in [0.29, 0.717) is 16.3 Å². The molecule has 2 N–H and O–H groups in total. The molecule has 0 aromatic heterocycles. The maximum Gasteiger partial charge on any atom is 0.255 e. The Morgan fingerprint density at radius 3 is 2.50 bits per heavy atom. The summed E-state index contributed by atoms with van der Waals surface area (Å²) in [6.07, 6.45) is 0. The van der Waals surface area contributed by atoms with Crippen molar-refractivity contribution in [3.8, 4) is 5.75 Å². The van der Waals surface area contributed by atoms with Crippen molar-refractivity contribution in [3.63, 3.8) is 0 Å². The van der Waals surface area contributed by atoms with E-state index < -0.39 is 0 Å². The Kier molecular flexibility index (Phi) is 3.89. The molecule has 0 heterocycles. The van der Waals surface area contributed by atoms with Gasteiger partial charge < -0.3 is 10.4 Å². The number of phenols is 1. The molecule has 5 heteroatoms. The highest BCUT2D eigenvalue weighted by molar-refractivity contribution is 9.10. The van der Waals surface area contributed by atoms with Crippen molar-refractivity contribution in [2.24, 2.45) is 0 Å². The maximum absolute atomic E-state index is 11.9. The minimum atomic E-state index is -0.305. The van der Waals surface area contributed by atoms with Gasteiger partial charge in [-0.1, -0.05) is 27.5 Å². The molecule has 0 saturated heterocycles. The van der Waals surface area contributed by atoms with Crippen LogP contribution in [0.2, 0.25) is 5.02 Å². The lowest BCUT2D eigenvalue weighted by Gasteiger charge is -2.07. The van der Waals surface area contributed by atoms with Gasteiger partial charge in [0.15, 0.2) is 0 Å². The van der Waals surface area contributed by atoms with E-state index in [1.54, 1.807) is 36.4 Å². The molecule has 0 fully saturated rings. The lowest BCUT2D eigenvalue weighted by atomic mass is 10.2. The van der Waals surface area contributed by atoms with Gasteiger partial charge in [0.1, 0.15) is 5.75 Å². The number of hydrogen-bond acceptors (Lipinski definition) is 2. The highest BCUT2D eigenvalue weighted by Crippen LogP contribution is 2.27. The Hall–Kier alpha value is -1.52. The number of aromatic hydroxyl groups is 1. The second-order valence-electron chi connectivity index (χ2n) is 3.62. The molecule has 0 atom stereocenters. The van der Waals surface area contributed by atoms with Crippen molar-refractivity contribution in [1.82, 2.24) is 0 Å². The van der Waals surface area contributed by atoms with Gasteiger partial charge in [0, 0.05) is 15.1 Å². The highest BCUT2D eigenvalue weighted by Gasteiger charge is 2.09. The minimum absolute atomic E-state index is 0.0144. The first-order valence-corrected chi connectivity index (χ1v) is 6.29. The second-order valence-corrected chi connectivity index (χ2v) is 4.97. The van der Waals surface area contributed by atoms with Gasteiger partial charge in [0.25, 0.3) is 5.91 Å². The molecule has 0 bridgehead atoms. The second kappa shape index (κ2) is 5.42. The number of benzene rings is 2. The Bertz CT molecular complexity index is 584. The SMILES string of the molecule is O=C(Nc1cc(Br)ccc1O)c1ccc(Cl)cc1. The maximum atomic E-state index is 11.9. The largest absolute Gasteiger partial charge is 0.506 e. The van der Waals surface area contributed by atoms with Gasteiger partial charge in [0.2, 0.25) is 0 Å². The van der Waals surface area contributed by atoms with E-state index in [1.807, 2.05) is 0 Å². The van der Waals surface area contributed by atoms with Crippen LogP contribution < -0.4 is 5.32 Å². The third-order valence-electron chi connectivity index (χ3n) is 2.31. The molecule has 0 aliphatic rings. The van der Waals surface area contributed by atoms with E-state index in [0.717, 1.165) is 4.47 Å². The van der Waals surface area contributed by atoms with Crippen molar-refractivity contribution in [2.75, 3.05) is 5.32 Å². The average Bonchev–Trinajstić information content (AvgIpc) is 2.34. The van der Waals surface area contributed by atoms with E-state index >= 15 is 0 Å². The number of rotatable bonds is 2. The van der Waals surface area contributed by atoms with Crippen molar-refractivity contribution in [1.29, 1.82) is 0 Å². The molecule has 0 radical (unpaired) electrons. The first-order valence-electron chi connectivity index (χ1n) is 5.12. The van der Waals surface area contributed by atoms with Crippen LogP contribution in [0.1, 0.15) is 10.4 Å². The van der Waals surface area contributed by atoms with Crippen molar-refractivity contribution in [2.45, 2.75) is 0 Å². The van der Waals surface area contributed by atoms with Crippen LogP contribution in [0.4, 0.5) is 5.69 Å². The summed E-state index contributed by atoms with van der Waals surface area (Å²) in [4.78, 5) is 11.9. The molecule has 2 aromatic carbocycles. The number of halogens is 2. The number of carbonyl (C=O) groups excluding carboxylic acids is 1. The molecule has 0 aliphatic carbocycles. The monoisotopic (exact) mass is 325 g/mol. The zero-order valence-corrected chi connectivity index (χ0v) is 11.5. The molecule has 18 heavy (non-hydrogen) atoms. The number of anilines is 1. The summed E-state index contributed by atoms with van der Waals surface area (Å²) in [6, 6.07) is 11.3. The molecular weight excluding hydrogens is 318 g/mol. The van der Waals surface area contributed by atoms with Crippen LogP contribution in [0.15, 0.2) is 46.9 Å². The van der Waals surface area contributed by atoms with Gasteiger partial charge >= 0.3 is 0 Å². The van der Waals surface area contributed by atoms with Crippen LogP contribution in [0.5, 0.6) is 5.75 Å². The smallest absolute Gasteiger partial charge is 0.255 e. The molecule has 0 spiro atoms. The molecule has 0 saturated carbocycles. The lowest BCUT2D eigenvalue weighted by molar-refractivity contribution is 0.102. The van der Waals surface area contributed by atoms with Gasteiger partial charge in [-0.3, -0.25) is 4.79 Å². The van der Waals surface area contributed by atoms with Crippen LogP contribution in [0.3, 0.4) is 0 Å². The predicted octanol–water partition coefficient (Wildman–Crippen LogP) is 4.06. The minimum Gasteiger partial charge on any atom is -0.506 e. The molecular formula is C13H9BrClNO2. The number of carbonyl (C=O) groups is 1. The fourth-order valence-electron chi connectivity index (χ4n) is 1.40. The summed E-state index contributed by atoms with van der Waals surface area (Å²) in [5.74, 6) is -0.291. The van der Waals surface area contributed by atoms with Gasteiger partial charge in [-0.15, -0.1) is 0 Å². The summed E-state index contributed by atoms with van der Waals surface area (Å²) in [5, 5.41) is 12.8. The fourth-order valence-corrected chi connectivity index (χ4v) is 1.89. The van der Waals surface area contributed by atoms with E-state index in [2.05, 4.69) is 21.2 Å². The van der Waals surface area contributed by atoms with Crippen molar-refractivity contribution < 1.29 is 9.90 Å². The third kappa shape index (κ3) is 3.03. The summed E-state index contributed by atoms with van der Waals surface area (Å²) >= 11 is 9.02. The van der Waals surface area contributed by atoms with Gasteiger partial charge in [-0.2, -0.15) is 0 Å². The molecule has 1 amide bonds. The van der Waals surface area contributed by atoms with E-state index in [9.17, 15) is 9.90 Å². The van der Waals surface area contributed by atoms with Crippen LogP contribution in [0.25, 0.3) is 0 Å². The molecule has 0 unspecified atom stereocenters. The Morgan fingerprint density at radius 2 is 1.83 bits per heavy atom. The van der Waals surface area contributed by atoms with Crippen LogP contribution in [-0.2, 0) is 0 Å². The summed E-state index contributed by atoms with van der Waals surface area (Å²) in [6.45, 7) is 0. The molecule has 2 rings (SSSR count). The fraction of sp³-hybridized carbons (Fsp3) is 0. The molecule has 2 aromatic rings. The Labute approximate surface area is 118 Å². The highest BCUT2D eigenvalue weighted by atomic mass is 79.9. The zero-order valence-electron chi connectivity index (χ0n) is 9.15. The van der Waals surface area contributed by atoms with Gasteiger partial charge in [-0.05, 0) is 42.5 Å². The first-order chi connectivity index (χ1) is 8.56. The number of amides is 1. The number of hydrogen-bond donors (Lipinski definition) is 2. The van der Waals surface area contributed by atoms with E-state index in [1.165, 1.54) is 6.07 Å². The van der Waals surface area contributed by atoms with Crippen molar-refractivity contribution in [3.05, 3.63) is 57.5 Å². The van der Waals surface area contributed by atoms with E-state index in [4.69, 9.17) is 11.6 Å². The quantitative estimate of drug-likeness (QED) is 0.818. The lowest BCUT2D eigenvalue weighted by Crippen LogP contribution is -2.11. The van der Waals surface area contributed by atoms with Gasteiger partial charge in [0.05, 0.1) is 5.69 Å². The first kappa shape index (κ1) is 12.9. The standard InChI is InChI=1S/C13H9BrClNO2/c14-9-3-6-12(17)11(7-9)16-13(18)8-1-4-10(15)5-2-8/h1-7,17H,(H,16,18). The predicted molar refractivity (Wildman–Crippen MR) is 75.2 cm³/mol. The number of phenolic OH excluding ortho intramolecular Hbond substituents is 1. The van der Waals surface area contributed by atoms with Gasteiger partial charge in [-0.25, -0.2) is 0 Å². The topological polar surface area (TPSA) is 49.3 Å². The molecule has 0 aliphatic heterocycles. The van der Waals surface area contributed by atoms with Crippen molar-refractivity contribution >= 4 is 39.1 Å². The van der Waals surface area contributed by atoms with Crippen LogP contribution in [0, 0.1) is 0 Å². The zero-order chi connectivity index (χ0) is 13.1. The average molecular weight is 327 g/mol. The summed E-state index contributed by atoms with van der Waals surface area (Å²) < 4.78 is 0.770. The molecule has 92 valence electrons. The Morgan fingerprint density at radius 1 is 1.17 bits per heavy atom. The molecule has 3 nitrogen and oxygen atoms in total.